The molecule has 28 heavy (non-hydrogen) atoms. The first-order valence-electron chi connectivity index (χ1n) is 8.07. The standard InChI is InChI=1S/C17H21N3O8/c1-17(2,3)28-16(24)18-9-12(21)19-13(15(23)27-4)14(22)10-5-7-11(8-6-10)20(25)26/h5-8,13H,9H2,1-4H3,(H,18,24)(H,19,21). The van der Waals surface area contributed by atoms with Crippen molar-refractivity contribution in [3.63, 3.8) is 0 Å². The zero-order valence-electron chi connectivity index (χ0n) is 15.8. The van der Waals surface area contributed by atoms with Gasteiger partial charge in [-0.2, -0.15) is 0 Å². The zero-order valence-corrected chi connectivity index (χ0v) is 15.8. The molecule has 2 amide bonds. The van der Waals surface area contributed by atoms with Crippen LogP contribution >= 0.6 is 0 Å². The van der Waals surface area contributed by atoms with Crippen molar-refractivity contribution in [1.82, 2.24) is 10.6 Å². The molecule has 1 aromatic carbocycles. The number of carbonyl (C=O) groups excluding carboxylic acids is 4. The van der Waals surface area contributed by atoms with Crippen LogP contribution in [-0.4, -0.2) is 54.0 Å². The van der Waals surface area contributed by atoms with Crippen LogP contribution in [0.25, 0.3) is 0 Å². The number of nitrogens with one attached hydrogen (secondary N) is 2. The van der Waals surface area contributed by atoms with Gasteiger partial charge in [0.1, 0.15) is 12.1 Å². The van der Waals surface area contributed by atoms with Crippen LogP contribution in [0.4, 0.5) is 10.5 Å². The fourth-order valence-electron chi connectivity index (χ4n) is 1.94. The lowest BCUT2D eigenvalue weighted by atomic mass is 10.0. The maximum atomic E-state index is 12.5. The Morgan fingerprint density at radius 2 is 1.71 bits per heavy atom. The minimum atomic E-state index is -1.68. The van der Waals surface area contributed by atoms with Crippen LogP contribution in [0.2, 0.25) is 0 Å². The summed E-state index contributed by atoms with van der Waals surface area (Å²) in [4.78, 5) is 58.0. The summed E-state index contributed by atoms with van der Waals surface area (Å²) < 4.78 is 9.48. The lowest BCUT2D eigenvalue weighted by Gasteiger charge is -2.20. The molecule has 1 atom stereocenters. The van der Waals surface area contributed by atoms with Crippen molar-refractivity contribution in [1.29, 1.82) is 0 Å². The third-order valence-electron chi connectivity index (χ3n) is 3.16. The molecule has 0 aliphatic heterocycles. The summed E-state index contributed by atoms with van der Waals surface area (Å²) in [6.07, 6.45) is -0.848. The Morgan fingerprint density at radius 1 is 1.14 bits per heavy atom. The van der Waals surface area contributed by atoms with Crippen LogP contribution in [0.15, 0.2) is 24.3 Å². The van der Waals surface area contributed by atoms with Gasteiger partial charge in [0, 0.05) is 17.7 Å². The van der Waals surface area contributed by atoms with Crippen LogP contribution in [-0.2, 0) is 19.1 Å². The SMILES string of the molecule is COC(=O)C(NC(=O)CNC(=O)OC(C)(C)C)C(=O)c1ccc([N+](=O)[O-])cc1. The number of nitrogens with zero attached hydrogens (tertiary/aromatic N) is 1. The van der Waals surface area contributed by atoms with E-state index < -0.39 is 46.9 Å². The summed E-state index contributed by atoms with van der Waals surface area (Å²) in [5, 5.41) is 15.0. The average Bonchev–Trinajstić information content (AvgIpc) is 2.62. The van der Waals surface area contributed by atoms with E-state index in [0.29, 0.717) is 0 Å². The molecule has 152 valence electrons. The summed E-state index contributed by atoms with van der Waals surface area (Å²) in [5.74, 6) is -2.70. The number of alkyl carbamates (subject to hydrolysis) is 1. The van der Waals surface area contributed by atoms with E-state index in [1.54, 1.807) is 20.8 Å². The Labute approximate surface area is 160 Å². The van der Waals surface area contributed by atoms with Crippen LogP contribution in [0.3, 0.4) is 0 Å². The van der Waals surface area contributed by atoms with Gasteiger partial charge in [0.05, 0.1) is 12.0 Å². The maximum Gasteiger partial charge on any atom is 0.408 e. The topological polar surface area (TPSA) is 154 Å². The molecule has 2 N–H and O–H groups in total. The van der Waals surface area contributed by atoms with Gasteiger partial charge in [-0.1, -0.05) is 0 Å². The molecule has 0 saturated carbocycles. The highest BCUT2D eigenvalue weighted by Crippen LogP contribution is 2.14. The number of ether oxygens (including phenoxy) is 2. The first-order valence-corrected chi connectivity index (χ1v) is 8.07. The molecule has 0 aliphatic rings. The lowest BCUT2D eigenvalue weighted by Crippen LogP contribution is -2.50. The normalized spacial score (nSPS) is 11.7. The fourth-order valence-corrected chi connectivity index (χ4v) is 1.94. The number of ketones is 1. The van der Waals surface area contributed by atoms with E-state index in [1.165, 1.54) is 0 Å². The molecule has 0 fully saturated rings. The number of hydrogen-bond acceptors (Lipinski definition) is 8. The van der Waals surface area contributed by atoms with E-state index in [0.717, 1.165) is 31.4 Å². The monoisotopic (exact) mass is 395 g/mol. The first-order chi connectivity index (χ1) is 12.9. The number of non-ortho nitro benzene ring substituents is 1. The van der Waals surface area contributed by atoms with Gasteiger partial charge < -0.3 is 20.1 Å². The Morgan fingerprint density at radius 3 is 2.18 bits per heavy atom. The van der Waals surface area contributed by atoms with E-state index in [-0.39, 0.29) is 11.3 Å². The van der Waals surface area contributed by atoms with E-state index in [4.69, 9.17) is 4.74 Å². The van der Waals surface area contributed by atoms with Crippen LogP contribution in [0, 0.1) is 10.1 Å². The molecule has 0 aliphatic carbocycles. The van der Waals surface area contributed by atoms with Gasteiger partial charge in [0.2, 0.25) is 5.91 Å². The summed E-state index contributed by atoms with van der Waals surface area (Å²) in [5.41, 5.74) is -1.04. The highest BCUT2D eigenvalue weighted by Gasteiger charge is 2.30. The Balaban J connectivity index is 2.81. The van der Waals surface area contributed by atoms with Crippen molar-refractivity contribution in [2.45, 2.75) is 32.4 Å². The van der Waals surface area contributed by atoms with Gasteiger partial charge in [-0.15, -0.1) is 0 Å². The van der Waals surface area contributed by atoms with Crippen LogP contribution in [0.1, 0.15) is 31.1 Å². The van der Waals surface area contributed by atoms with Crippen LogP contribution in [0.5, 0.6) is 0 Å². The summed E-state index contributed by atoms with van der Waals surface area (Å²) in [6, 6.07) is 2.81. The maximum absolute atomic E-state index is 12.5. The number of rotatable bonds is 7. The molecule has 0 spiro atoms. The van der Waals surface area contributed by atoms with Crippen LogP contribution < -0.4 is 10.6 Å². The molecule has 1 aromatic rings. The number of hydrogen-bond donors (Lipinski definition) is 2. The predicted octanol–water partition coefficient (Wildman–Crippen LogP) is 0.960. The average molecular weight is 395 g/mol. The molecule has 0 aromatic heterocycles. The van der Waals surface area contributed by atoms with E-state index in [2.05, 4.69) is 15.4 Å². The number of methoxy groups -OCH3 is 1. The second kappa shape index (κ2) is 9.44. The molecule has 11 nitrogen and oxygen atoms in total. The molecule has 11 heteroatoms. The number of nitro groups is 1. The van der Waals surface area contributed by atoms with E-state index >= 15 is 0 Å². The molecular weight excluding hydrogens is 374 g/mol. The third kappa shape index (κ3) is 7.02. The number of carbonyl (C=O) groups is 4. The summed E-state index contributed by atoms with van der Waals surface area (Å²) >= 11 is 0. The fraction of sp³-hybridized carbons (Fsp3) is 0.412. The number of benzene rings is 1. The number of Topliss-reactive ketones (excluding diaryl/α,β-unsaturated/α-hetero) is 1. The van der Waals surface area contributed by atoms with E-state index in [9.17, 15) is 29.3 Å². The summed E-state index contributed by atoms with van der Waals surface area (Å²) in [6.45, 7) is 4.38. The lowest BCUT2D eigenvalue weighted by molar-refractivity contribution is -0.384. The van der Waals surface area contributed by atoms with Gasteiger partial charge in [0.15, 0.2) is 11.8 Å². The number of nitro benzene ring substituents is 1. The third-order valence-corrected chi connectivity index (χ3v) is 3.16. The highest BCUT2D eigenvalue weighted by atomic mass is 16.6. The number of amides is 2. The van der Waals surface area contributed by atoms with E-state index in [1.807, 2.05) is 0 Å². The van der Waals surface area contributed by atoms with Gasteiger partial charge >= 0.3 is 12.1 Å². The van der Waals surface area contributed by atoms with Crippen molar-refractivity contribution in [3.05, 3.63) is 39.9 Å². The minimum absolute atomic E-state index is 0.0404. The van der Waals surface area contributed by atoms with Crippen molar-refractivity contribution in [2.24, 2.45) is 0 Å². The molecule has 0 saturated heterocycles. The predicted molar refractivity (Wildman–Crippen MR) is 95.6 cm³/mol. The molecule has 0 heterocycles. The van der Waals surface area contributed by atoms with Crippen molar-refractivity contribution in [2.75, 3.05) is 13.7 Å². The second-order valence-corrected chi connectivity index (χ2v) is 6.55. The van der Waals surface area contributed by atoms with Crippen molar-refractivity contribution >= 4 is 29.4 Å². The quantitative estimate of drug-likeness (QED) is 0.227. The first kappa shape index (κ1) is 22.5. The number of esters is 1. The van der Waals surface area contributed by atoms with Crippen molar-refractivity contribution in [3.8, 4) is 0 Å². The molecule has 0 bridgehead atoms. The Bertz CT molecular complexity index is 768. The molecule has 0 radical (unpaired) electrons. The smallest absolute Gasteiger partial charge is 0.408 e. The Hall–Kier alpha value is -3.50. The van der Waals surface area contributed by atoms with Gasteiger partial charge in [-0.3, -0.25) is 19.7 Å². The molecule has 1 rings (SSSR count). The summed E-state index contributed by atoms with van der Waals surface area (Å²) in [7, 11) is 1.03. The highest BCUT2D eigenvalue weighted by molar-refractivity contribution is 6.13. The molecular formula is C17H21N3O8. The van der Waals surface area contributed by atoms with Gasteiger partial charge in [-0.05, 0) is 32.9 Å². The Kier molecular flexibility index (Phi) is 7.60. The van der Waals surface area contributed by atoms with Gasteiger partial charge in [0.25, 0.3) is 5.69 Å². The zero-order chi connectivity index (χ0) is 21.5. The van der Waals surface area contributed by atoms with Crippen molar-refractivity contribution < 1.29 is 33.6 Å². The second-order valence-electron chi connectivity index (χ2n) is 6.55. The largest absolute Gasteiger partial charge is 0.467 e. The van der Waals surface area contributed by atoms with Gasteiger partial charge in [-0.25, -0.2) is 9.59 Å². The minimum Gasteiger partial charge on any atom is -0.467 e. The molecule has 1 unspecified atom stereocenters.